The van der Waals surface area contributed by atoms with Crippen LogP contribution in [0.1, 0.15) is 26.3 Å². The summed E-state index contributed by atoms with van der Waals surface area (Å²) in [5, 5.41) is 3.25. The molecule has 4 nitrogen and oxygen atoms in total. The molecule has 0 aromatic carbocycles. The maximum absolute atomic E-state index is 13.4. The van der Waals surface area contributed by atoms with E-state index in [2.05, 4.69) is 33.9 Å². The van der Waals surface area contributed by atoms with E-state index in [4.69, 9.17) is 0 Å². The molecule has 0 atom stereocenters. The minimum Gasteiger partial charge on any atom is -0.354 e. The zero-order chi connectivity index (χ0) is 14.5. The zero-order valence-electron chi connectivity index (χ0n) is 12.7. The van der Waals surface area contributed by atoms with Crippen molar-refractivity contribution in [2.24, 2.45) is 0 Å². The smallest absolute Gasteiger partial charge is 0.141 e. The van der Waals surface area contributed by atoms with Gasteiger partial charge in [-0.15, -0.1) is 0 Å². The van der Waals surface area contributed by atoms with Crippen LogP contribution < -0.4 is 10.2 Å². The summed E-state index contributed by atoms with van der Waals surface area (Å²) in [5.74, 6) is 0.665. The van der Waals surface area contributed by atoms with Crippen LogP contribution in [0.25, 0.3) is 0 Å². The number of pyridine rings is 1. The van der Waals surface area contributed by atoms with E-state index in [9.17, 15) is 4.39 Å². The lowest BCUT2D eigenvalue weighted by Gasteiger charge is -2.38. The SMILES string of the molecule is CCNCc1cc(F)cnc1N1CCN(C(C)C)CC1. The molecule has 2 heterocycles. The Kier molecular flexibility index (Phi) is 5.31. The zero-order valence-corrected chi connectivity index (χ0v) is 12.7. The Bertz CT molecular complexity index is 428. The van der Waals surface area contributed by atoms with E-state index in [1.807, 2.05) is 6.92 Å². The summed E-state index contributed by atoms with van der Waals surface area (Å²) in [7, 11) is 0. The van der Waals surface area contributed by atoms with Gasteiger partial charge in [0, 0.05) is 44.3 Å². The maximum atomic E-state index is 13.4. The summed E-state index contributed by atoms with van der Waals surface area (Å²) in [6.45, 7) is 12.0. The van der Waals surface area contributed by atoms with Gasteiger partial charge in [0.1, 0.15) is 11.6 Å². The molecule has 0 aliphatic carbocycles. The van der Waals surface area contributed by atoms with Crippen LogP contribution >= 0.6 is 0 Å². The third kappa shape index (κ3) is 3.67. The Labute approximate surface area is 121 Å². The summed E-state index contributed by atoms with van der Waals surface area (Å²) in [5.41, 5.74) is 0.949. The van der Waals surface area contributed by atoms with Crippen LogP contribution in [-0.4, -0.2) is 48.6 Å². The lowest BCUT2D eigenvalue weighted by atomic mass is 10.2. The summed E-state index contributed by atoms with van der Waals surface area (Å²) in [6.07, 6.45) is 1.32. The van der Waals surface area contributed by atoms with Crippen LogP contribution in [-0.2, 0) is 6.54 Å². The van der Waals surface area contributed by atoms with E-state index in [-0.39, 0.29) is 5.82 Å². The Morgan fingerprint density at radius 2 is 2.00 bits per heavy atom. The number of rotatable bonds is 5. The highest BCUT2D eigenvalue weighted by Crippen LogP contribution is 2.20. The molecule has 1 aliphatic rings. The van der Waals surface area contributed by atoms with E-state index in [0.717, 1.165) is 44.1 Å². The molecular formula is C15H25FN4. The first-order chi connectivity index (χ1) is 9.61. The van der Waals surface area contributed by atoms with Gasteiger partial charge in [-0.3, -0.25) is 4.90 Å². The van der Waals surface area contributed by atoms with Gasteiger partial charge in [-0.2, -0.15) is 0 Å². The minimum absolute atomic E-state index is 0.262. The van der Waals surface area contributed by atoms with Crippen molar-refractivity contribution in [3.63, 3.8) is 0 Å². The Hall–Kier alpha value is -1.20. The largest absolute Gasteiger partial charge is 0.354 e. The van der Waals surface area contributed by atoms with Crippen LogP contribution in [0, 0.1) is 5.82 Å². The average Bonchev–Trinajstić information content (AvgIpc) is 2.45. The Morgan fingerprint density at radius 3 is 2.60 bits per heavy atom. The van der Waals surface area contributed by atoms with E-state index in [1.54, 1.807) is 6.07 Å². The molecule has 0 unspecified atom stereocenters. The van der Waals surface area contributed by atoms with Gasteiger partial charge in [-0.25, -0.2) is 9.37 Å². The molecule has 2 rings (SSSR count). The van der Waals surface area contributed by atoms with Crippen LogP contribution in [0.4, 0.5) is 10.2 Å². The molecule has 20 heavy (non-hydrogen) atoms. The molecule has 1 N–H and O–H groups in total. The van der Waals surface area contributed by atoms with Crippen molar-refractivity contribution in [3.05, 3.63) is 23.6 Å². The van der Waals surface area contributed by atoms with Gasteiger partial charge in [0.15, 0.2) is 0 Å². The number of hydrogen-bond acceptors (Lipinski definition) is 4. The second kappa shape index (κ2) is 6.99. The van der Waals surface area contributed by atoms with Crippen molar-refractivity contribution in [3.8, 4) is 0 Å². The van der Waals surface area contributed by atoms with Crippen molar-refractivity contribution in [1.82, 2.24) is 15.2 Å². The number of nitrogens with zero attached hydrogens (tertiary/aromatic N) is 3. The van der Waals surface area contributed by atoms with Crippen molar-refractivity contribution in [1.29, 1.82) is 0 Å². The summed E-state index contributed by atoms with van der Waals surface area (Å²) >= 11 is 0. The molecule has 0 radical (unpaired) electrons. The number of halogens is 1. The van der Waals surface area contributed by atoms with Crippen LogP contribution in [0.5, 0.6) is 0 Å². The first-order valence-corrected chi connectivity index (χ1v) is 7.46. The van der Waals surface area contributed by atoms with Gasteiger partial charge in [0.25, 0.3) is 0 Å². The molecule has 1 aromatic rings. The highest BCUT2D eigenvalue weighted by molar-refractivity contribution is 5.47. The fourth-order valence-electron chi connectivity index (χ4n) is 2.60. The third-order valence-corrected chi connectivity index (χ3v) is 3.82. The Morgan fingerprint density at radius 1 is 1.30 bits per heavy atom. The lowest BCUT2D eigenvalue weighted by molar-refractivity contribution is 0.209. The fourth-order valence-corrected chi connectivity index (χ4v) is 2.60. The highest BCUT2D eigenvalue weighted by atomic mass is 19.1. The summed E-state index contributed by atoms with van der Waals surface area (Å²) in [4.78, 5) is 9.05. The first-order valence-electron chi connectivity index (χ1n) is 7.46. The van der Waals surface area contributed by atoms with Crippen LogP contribution in [0.3, 0.4) is 0 Å². The normalized spacial score (nSPS) is 16.9. The van der Waals surface area contributed by atoms with Crippen molar-refractivity contribution in [2.75, 3.05) is 37.6 Å². The van der Waals surface area contributed by atoms with Gasteiger partial charge < -0.3 is 10.2 Å². The topological polar surface area (TPSA) is 31.4 Å². The molecule has 1 fully saturated rings. The summed E-state index contributed by atoms with van der Waals surface area (Å²) in [6, 6.07) is 2.18. The monoisotopic (exact) mass is 280 g/mol. The number of anilines is 1. The minimum atomic E-state index is -0.262. The lowest BCUT2D eigenvalue weighted by Crippen LogP contribution is -2.49. The maximum Gasteiger partial charge on any atom is 0.141 e. The van der Waals surface area contributed by atoms with Crippen LogP contribution in [0.2, 0.25) is 0 Å². The van der Waals surface area contributed by atoms with Gasteiger partial charge in [-0.05, 0) is 26.5 Å². The number of piperazine rings is 1. The van der Waals surface area contributed by atoms with Crippen molar-refractivity contribution < 1.29 is 4.39 Å². The van der Waals surface area contributed by atoms with Gasteiger partial charge in [0.05, 0.1) is 6.20 Å². The second-order valence-electron chi connectivity index (χ2n) is 5.53. The average molecular weight is 280 g/mol. The molecule has 1 saturated heterocycles. The van der Waals surface area contributed by atoms with E-state index >= 15 is 0 Å². The Balaban J connectivity index is 2.08. The number of aromatic nitrogens is 1. The molecule has 0 bridgehead atoms. The molecule has 112 valence electrons. The van der Waals surface area contributed by atoms with Gasteiger partial charge >= 0.3 is 0 Å². The standard InChI is InChI=1S/C15H25FN4/c1-4-17-10-13-9-14(16)11-18-15(13)20-7-5-19(6-8-20)12(2)3/h9,11-12,17H,4-8,10H2,1-3H3. The van der Waals surface area contributed by atoms with E-state index in [0.29, 0.717) is 12.6 Å². The highest BCUT2D eigenvalue weighted by Gasteiger charge is 2.21. The van der Waals surface area contributed by atoms with Gasteiger partial charge in [0.2, 0.25) is 0 Å². The van der Waals surface area contributed by atoms with Crippen LogP contribution in [0.15, 0.2) is 12.3 Å². The third-order valence-electron chi connectivity index (χ3n) is 3.82. The van der Waals surface area contributed by atoms with Gasteiger partial charge in [-0.1, -0.05) is 6.92 Å². The number of hydrogen-bond donors (Lipinski definition) is 1. The molecule has 5 heteroatoms. The fraction of sp³-hybridized carbons (Fsp3) is 0.667. The van der Waals surface area contributed by atoms with Crippen molar-refractivity contribution in [2.45, 2.75) is 33.4 Å². The second-order valence-corrected chi connectivity index (χ2v) is 5.53. The van der Waals surface area contributed by atoms with E-state index in [1.165, 1.54) is 6.20 Å². The molecule has 1 aliphatic heterocycles. The quantitative estimate of drug-likeness (QED) is 0.892. The number of nitrogens with one attached hydrogen (secondary N) is 1. The molecule has 0 amide bonds. The van der Waals surface area contributed by atoms with E-state index < -0.39 is 0 Å². The van der Waals surface area contributed by atoms with Crippen molar-refractivity contribution >= 4 is 5.82 Å². The predicted molar refractivity (Wildman–Crippen MR) is 80.5 cm³/mol. The predicted octanol–water partition coefficient (Wildman–Crippen LogP) is 1.86. The molecule has 0 spiro atoms. The molecule has 1 aromatic heterocycles. The molecular weight excluding hydrogens is 255 g/mol. The first kappa shape index (κ1) is 15.2. The summed E-state index contributed by atoms with van der Waals surface area (Å²) < 4.78 is 13.4. The molecule has 0 saturated carbocycles.